The van der Waals surface area contributed by atoms with E-state index in [0.717, 1.165) is 22.4 Å². The van der Waals surface area contributed by atoms with E-state index in [1.54, 1.807) is 7.11 Å². The minimum absolute atomic E-state index is 0.0159. The lowest BCUT2D eigenvalue weighted by atomic mass is 9.99. The second-order valence-electron chi connectivity index (χ2n) is 4.16. The van der Waals surface area contributed by atoms with E-state index in [1.165, 1.54) is 12.4 Å². The van der Waals surface area contributed by atoms with E-state index in [1.807, 2.05) is 26.0 Å². The van der Waals surface area contributed by atoms with Gasteiger partial charge in [0.1, 0.15) is 12.1 Å². The summed E-state index contributed by atoms with van der Waals surface area (Å²) in [6.45, 7) is 3.91. The van der Waals surface area contributed by atoms with Crippen molar-refractivity contribution in [2.45, 2.75) is 13.8 Å². The van der Waals surface area contributed by atoms with Crippen molar-refractivity contribution in [1.82, 2.24) is 9.97 Å². The van der Waals surface area contributed by atoms with Crippen molar-refractivity contribution in [2.75, 3.05) is 7.11 Å². The van der Waals surface area contributed by atoms with Crippen LogP contribution in [-0.2, 0) is 0 Å². The van der Waals surface area contributed by atoms with Gasteiger partial charge in [-0.25, -0.2) is 14.8 Å². The monoisotopic (exact) mass is 258 g/mol. The van der Waals surface area contributed by atoms with Crippen molar-refractivity contribution in [2.24, 2.45) is 0 Å². The summed E-state index contributed by atoms with van der Waals surface area (Å²) in [7, 11) is 1.62. The quantitative estimate of drug-likeness (QED) is 0.915. The van der Waals surface area contributed by atoms with Crippen LogP contribution in [0.3, 0.4) is 0 Å². The molecule has 0 aliphatic carbocycles. The van der Waals surface area contributed by atoms with Gasteiger partial charge in [-0.3, -0.25) is 0 Å². The minimum Gasteiger partial charge on any atom is -0.496 e. The lowest BCUT2D eigenvalue weighted by Gasteiger charge is -2.12. The number of ether oxygens (including phenoxy) is 1. The summed E-state index contributed by atoms with van der Waals surface area (Å²) < 4.78 is 5.25. The Kier molecular flexibility index (Phi) is 3.46. The van der Waals surface area contributed by atoms with Crippen LogP contribution < -0.4 is 4.74 Å². The SMILES string of the molecule is COc1ccc(-c2cc(C(=O)O)ncn2)c(C)c1C. The lowest BCUT2D eigenvalue weighted by molar-refractivity contribution is 0.0690. The Hall–Kier alpha value is -2.43. The molecule has 0 aliphatic rings. The number of nitrogens with zero attached hydrogens (tertiary/aromatic N) is 2. The number of benzene rings is 1. The van der Waals surface area contributed by atoms with Crippen LogP contribution in [0.5, 0.6) is 5.75 Å². The Morgan fingerprint density at radius 3 is 2.58 bits per heavy atom. The highest BCUT2D eigenvalue weighted by atomic mass is 16.5. The van der Waals surface area contributed by atoms with Gasteiger partial charge in [0.15, 0.2) is 5.69 Å². The number of aromatic carboxylic acids is 1. The number of rotatable bonds is 3. The van der Waals surface area contributed by atoms with Crippen molar-refractivity contribution in [1.29, 1.82) is 0 Å². The normalized spacial score (nSPS) is 10.3. The van der Waals surface area contributed by atoms with Crippen LogP contribution in [0, 0.1) is 13.8 Å². The number of carboxylic acid groups (broad SMARTS) is 1. The Bertz CT molecular complexity index is 639. The van der Waals surface area contributed by atoms with Crippen LogP contribution in [0.25, 0.3) is 11.3 Å². The fourth-order valence-corrected chi connectivity index (χ4v) is 1.92. The van der Waals surface area contributed by atoms with E-state index in [-0.39, 0.29) is 5.69 Å². The Labute approximate surface area is 110 Å². The van der Waals surface area contributed by atoms with Crippen LogP contribution in [0.4, 0.5) is 0 Å². The molecule has 0 bridgehead atoms. The molecule has 0 saturated carbocycles. The summed E-state index contributed by atoms with van der Waals surface area (Å²) in [5.41, 5.74) is 3.47. The summed E-state index contributed by atoms with van der Waals surface area (Å²) in [5, 5.41) is 8.95. The molecule has 1 aromatic heterocycles. The van der Waals surface area contributed by atoms with Crippen LogP contribution >= 0.6 is 0 Å². The Balaban J connectivity index is 2.56. The van der Waals surface area contributed by atoms with Crippen LogP contribution in [0.1, 0.15) is 21.6 Å². The molecule has 0 radical (unpaired) electrons. The van der Waals surface area contributed by atoms with Gasteiger partial charge in [0.05, 0.1) is 12.8 Å². The van der Waals surface area contributed by atoms with Crippen LogP contribution in [0.2, 0.25) is 0 Å². The maximum atomic E-state index is 10.9. The number of methoxy groups -OCH3 is 1. The molecule has 0 aliphatic heterocycles. The first-order valence-electron chi connectivity index (χ1n) is 5.74. The first-order valence-corrected chi connectivity index (χ1v) is 5.74. The fraction of sp³-hybridized carbons (Fsp3) is 0.214. The second kappa shape index (κ2) is 5.06. The largest absolute Gasteiger partial charge is 0.496 e. The first-order chi connectivity index (χ1) is 9.04. The molecule has 1 aromatic carbocycles. The van der Waals surface area contributed by atoms with Crippen molar-refractivity contribution in [3.63, 3.8) is 0 Å². The fourth-order valence-electron chi connectivity index (χ4n) is 1.92. The maximum absolute atomic E-state index is 10.9. The van der Waals surface area contributed by atoms with E-state index in [0.29, 0.717) is 5.69 Å². The van der Waals surface area contributed by atoms with Gasteiger partial charge >= 0.3 is 5.97 Å². The zero-order valence-corrected chi connectivity index (χ0v) is 11.0. The Morgan fingerprint density at radius 2 is 1.95 bits per heavy atom. The highest BCUT2D eigenvalue weighted by Crippen LogP contribution is 2.29. The summed E-state index contributed by atoms with van der Waals surface area (Å²) in [4.78, 5) is 18.8. The number of aromatic nitrogens is 2. The molecule has 0 atom stereocenters. The molecule has 1 heterocycles. The van der Waals surface area contributed by atoms with Crippen LogP contribution in [0.15, 0.2) is 24.5 Å². The molecule has 0 amide bonds. The van der Waals surface area contributed by atoms with Gasteiger partial charge in [-0.2, -0.15) is 0 Å². The molecule has 0 fully saturated rings. The molecule has 2 aromatic rings. The molecule has 98 valence electrons. The predicted molar refractivity (Wildman–Crippen MR) is 70.5 cm³/mol. The van der Waals surface area contributed by atoms with Crippen molar-refractivity contribution >= 4 is 5.97 Å². The highest BCUT2D eigenvalue weighted by Gasteiger charge is 2.12. The highest BCUT2D eigenvalue weighted by molar-refractivity contribution is 5.86. The summed E-state index contributed by atoms with van der Waals surface area (Å²) >= 11 is 0. The van der Waals surface area contributed by atoms with Gasteiger partial charge in [-0.05, 0) is 43.2 Å². The van der Waals surface area contributed by atoms with Crippen molar-refractivity contribution in [3.05, 3.63) is 41.3 Å². The lowest BCUT2D eigenvalue weighted by Crippen LogP contribution is -2.02. The standard InChI is InChI=1S/C14H14N2O3/c1-8-9(2)13(19-3)5-4-10(8)11-6-12(14(17)18)16-7-15-11/h4-7H,1-3H3,(H,17,18). The molecule has 2 rings (SSSR count). The van der Waals surface area contributed by atoms with E-state index in [4.69, 9.17) is 9.84 Å². The smallest absolute Gasteiger partial charge is 0.354 e. The zero-order valence-electron chi connectivity index (χ0n) is 11.0. The number of hydrogen-bond acceptors (Lipinski definition) is 4. The summed E-state index contributed by atoms with van der Waals surface area (Å²) in [6, 6.07) is 5.19. The van der Waals surface area contributed by atoms with E-state index < -0.39 is 5.97 Å². The minimum atomic E-state index is -1.06. The van der Waals surface area contributed by atoms with Gasteiger partial charge in [0, 0.05) is 5.56 Å². The number of carboxylic acids is 1. The van der Waals surface area contributed by atoms with E-state index >= 15 is 0 Å². The average Bonchev–Trinajstić information content (AvgIpc) is 2.42. The summed E-state index contributed by atoms with van der Waals surface area (Å²) in [6.07, 6.45) is 1.26. The van der Waals surface area contributed by atoms with Crippen molar-refractivity contribution < 1.29 is 14.6 Å². The second-order valence-corrected chi connectivity index (χ2v) is 4.16. The molecule has 0 spiro atoms. The zero-order chi connectivity index (χ0) is 14.0. The molecule has 5 nitrogen and oxygen atoms in total. The van der Waals surface area contributed by atoms with Gasteiger partial charge in [0.25, 0.3) is 0 Å². The maximum Gasteiger partial charge on any atom is 0.354 e. The first kappa shape index (κ1) is 13.0. The van der Waals surface area contributed by atoms with Gasteiger partial charge in [0.2, 0.25) is 0 Å². The third kappa shape index (κ3) is 2.40. The van der Waals surface area contributed by atoms with E-state index in [9.17, 15) is 4.79 Å². The van der Waals surface area contributed by atoms with Gasteiger partial charge in [-0.1, -0.05) is 0 Å². The third-order valence-corrected chi connectivity index (χ3v) is 3.12. The van der Waals surface area contributed by atoms with Crippen molar-refractivity contribution in [3.8, 4) is 17.0 Å². The Morgan fingerprint density at radius 1 is 1.21 bits per heavy atom. The molecule has 5 heteroatoms. The molecular formula is C14H14N2O3. The van der Waals surface area contributed by atoms with E-state index in [2.05, 4.69) is 9.97 Å². The number of hydrogen-bond donors (Lipinski definition) is 1. The average molecular weight is 258 g/mol. The molecule has 0 saturated heterocycles. The molecular weight excluding hydrogens is 244 g/mol. The van der Waals surface area contributed by atoms with Gasteiger partial charge in [-0.15, -0.1) is 0 Å². The molecule has 1 N–H and O–H groups in total. The summed E-state index contributed by atoms with van der Waals surface area (Å²) in [5.74, 6) is -0.264. The molecule has 19 heavy (non-hydrogen) atoms. The number of carbonyl (C=O) groups is 1. The predicted octanol–water partition coefficient (Wildman–Crippen LogP) is 2.47. The van der Waals surface area contributed by atoms with Gasteiger partial charge < -0.3 is 9.84 Å². The third-order valence-electron chi connectivity index (χ3n) is 3.12. The topological polar surface area (TPSA) is 72.3 Å². The molecule has 0 unspecified atom stereocenters. The van der Waals surface area contributed by atoms with Crippen LogP contribution in [-0.4, -0.2) is 28.2 Å².